The van der Waals surface area contributed by atoms with Crippen molar-refractivity contribution in [3.05, 3.63) is 18.0 Å². The Morgan fingerprint density at radius 3 is 2.39 bits per heavy atom. The highest BCUT2D eigenvalue weighted by atomic mass is 32.2. The fourth-order valence-electron chi connectivity index (χ4n) is 1.84. The van der Waals surface area contributed by atoms with E-state index in [1.807, 2.05) is 0 Å². The van der Waals surface area contributed by atoms with Gasteiger partial charge in [0.25, 0.3) is 0 Å². The Hall–Kier alpha value is -1.34. The Kier molecular flexibility index (Phi) is 4.18. The second-order valence-corrected chi connectivity index (χ2v) is 6.17. The second kappa shape index (κ2) is 5.11. The molecule has 7 heteroatoms. The molecule has 0 saturated heterocycles. The number of aryl methyl sites for hydroxylation is 1. The minimum absolute atomic E-state index is 0.0120. The molecule has 0 bridgehead atoms. The Morgan fingerprint density at radius 2 is 2.06 bits per heavy atom. The van der Waals surface area contributed by atoms with Gasteiger partial charge in [0.15, 0.2) is 0 Å². The van der Waals surface area contributed by atoms with E-state index in [2.05, 4.69) is 0 Å². The van der Waals surface area contributed by atoms with Crippen LogP contribution in [0.5, 0.6) is 0 Å². The molecule has 0 atom stereocenters. The van der Waals surface area contributed by atoms with Crippen molar-refractivity contribution in [2.45, 2.75) is 31.7 Å². The number of carboxylic acids is 1. The minimum atomic E-state index is -3.64. The van der Waals surface area contributed by atoms with Crippen molar-refractivity contribution in [3.63, 3.8) is 0 Å². The molecule has 0 aromatic carbocycles. The van der Waals surface area contributed by atoms with Crippen LogP contribution in [0.25, 0.3) is 0 Å². The average molecular weight is 274 g/mol. The maximum Gasteiger partial charge on any atom is 0.352 e. The number of aromatic nitrogens is 1. The predicted molar refractivity (Wildman–Crippen MR) is 67.1 cm³/mol. The summed E-state index contributed by atoms with van der Waals surface area (Å²) in [5, 5.41) is 8.92. The third-order valence-electron chi connectivity index (χ3n) is 2.69. The molecule has 0 amide bonds. The highest BCUT2D eigenvalue weighted by Crippen LogP contribution is 2.20. The minimum Gasteiger partial charge on any atom is -0.477 e. The molecule has 18 heavy (non-hydrogen) atoms. The number of sulfonamides is 1. The van der Waals surface area contributed by atoms with Crippen LogP contribution in [0.15, 0.2) is 17.2 Å². The fourth-order valence-corrected chi connectivity index (χ4v) is 3.55. The molecule has 0 radical (unpaired) electrons. The zero-order valence-electron chi connectivity index (χ0n) is 10.9. The van der Waals surface area contributed by atoms with E-state index in [9.17, 15) is 13.2 Å². The molecule has 1 aromatic rings. The topological polar surface area (TPSA) is 79.6 Å². The lowest BCUT2D eigenvalue weighted by molar-refractivity contribution is 0.0686. The van der Waals surface area contributed by atoms with E-state index in [1.165, 1.54) is 28.2 Å². The summed E-state index contributed by atoms with van der Waals surface area (Å²) in [6.45, 7) is 5.65. The van der Waals surface area contributed by atoms with Crippen LogP contribution in [0.4, 0.5) is 0 Å². The van der Waals surface area contributed by atoms with Crippen molar-refractivity contribution in [3.8, 4) is 0 Å². The normalized spacial score (nSPS) is 12.3. The first-order valence-corrected chi connectivity index (χ1v) is 7.07. The number of carboxylic acid groups (broad SMARTS) is 1. The van der Waals surface area contributed by atoms with Crippen LogP contribution >= 0.6 is 0 Å². The Labute approximate surface area is 107 Å². The van der Waals surface area contributed by atoms with Gasteiger partial charge >= 0.3 is 5.97 Å². The van der Waals surface area contributed by atoms with Crippen molar-refractivity contribution in [2.24, 2.45) is 7.05 Å². The van der Waals surface area contributed by atoms with Crippen LogP contribution in [-0.2, 0) is 17.1 Å². The number of hydrogen-bond donors (Lipinski definition) is 1. The van der Waals surface area contributed by atoms with Crippen LogP contribution in [0.1, 0.15) is 31.3 Å². The SMILES string of the molecule is CCN(C(C)C)S(=O)(=O)c1cc(C(=O)O)n(C)c1. The quantitative estimate of drug-likeness (QED) is 0.873. The summed E-state index contributed by atoms with van der Waals surface area (Å²) in [6.07, 6.45) is 1.32. The lowest BCUT2D eigenvalue weighted by Gasteiger charge is -2.23. The van der Waals surface area contributed by atoms with Crippen LogP contribution in [-0.4, -0.2) is 41.0 Å². The third-order valence-corrected chi connectivity index (χ3v) is 4.81. The maximum absolute atomic E-state index is 12.3. The van der Waals surface area contributed by atoms with Gasteiger partial charge in [0.05, 0.1) is 0 Å². The van der Waals surface area contributed by atoms with E-state index >= 15 is 0 Å². The first-order chi connectivity index (χ1) is 8.21. The summed E-state index contributed by atoms with van der Waals surface area (Å²) in [7, 11) is -2.13. The van der Waals surface area contributed by atoms with Crippen molar-refractivity contribution >= 4 is 16.0 Å². The van der Waals surface area contributed by atoms with E-state index in [4.69, 9.17) is 5.11 Å². The standard InChI is InChI=1S/C11H18N2O4S/c1-5-13(8(2)3)18(16,17)9-6-10(11(14)15)12(4)7-9/h6-8H,5H2,1-4H3,(H,14,15). The second-order valence-electron chi connectivity index (χ2n) is 4.28. The number of hydrogen-bond acceptors (Lipinski definition) is 3. The monoisotopic (exact) mass is 274 g/mol. The lowest BCUT2D eigenvalue weighted by Crippen LogP contribution is -2.36. The fraction of sp³-hybridized carbons (Fsp3) is 0.545. The molecular formula is C11H18N2O4S. The van der Waals surface area contributed by atoms with E-state index in [0.29, 0.717) is 6.54 Å². The Morgan fingerprint density at radius 1 is 1.50 bits per heavy atom. The summed E-state index contributed by atoms with van der Waals surface area (Å²) in [6, 6.07) is 1.01. The van der Waals surface area contributed by atoms with Gasteiger partial charge in [-0.2, -0.15) is 4.31 Å². The largest absolute Gasteiger partial charge is 0.477 e. The lowest BCUT2D eigenvalue weighted by atomic mass is 10.4. The zero-order chi connectivity index (χ0) is 14.1. The van der Waals surface area contributed by atoms with E-state index in [-0.39, 0.29) is 16.6 Å². The van der Waals surface area contributed by atoms with Gasteiger partial charge in [-0.3, -0.25) is 0 Å². The van der Waals surface area contributed by atoms with Crippen molar-refractivity contribution < 1.29 is 18.3 Å². The number of rotatable bonds is 5. The van der Waals surface area contributed by atoms with Gasteiger partial charge in [0.1, 0.15) is 10.6 Å². The summed E-state index contributed by atoms with van der Waals surface area (Å²) >= 11 is 0. The smallest absolute Gasteiger partial charge is 0.352 e. The molecule has 102 valence electrons. The molecule has 6 nitrogen and oxygen atoms in total. The average Bonchev–Trinajstić information content (AvgIpc) is 2.60. The third kappa shape index (κ3) is 2.56. The van der Waals surface area contributed by atoms with Crippen LogP contribution < -0.4 is 0 Å². The molecular weight excluding hydrogens is 256 g/mol. The van der Waals surface area contributed by atoms with Crippen LogP contribution in [0.2, 0.25) is 0 Å². The summed E-state index contributed by atoms with van der Waals surface area (Å²) in [5.41, 5.74) is -0.0478. The van der Waals surface area contributed by atoms with Crippen LogP contribution in [0.3, 0.4) is 0 Å². The number of aromatic carboxylic acids is 1. The summed E-state index contributed by atoms with van der Waals surface area (Å²) in [5.74, 6) is -1.15. The van der Waals surface area contributed by atoms with Crippen LogP contribution in [0, 0.1) is 0 Å². The zero-order valence-corrected chi connectivity index (χ0v) is 11.7. The molecule has 0 unspecified atom stereocenters. The number of carbonyl (C=O) groups is 1. The molecule has 0 aliphatic carbocycles. The van der Waals surface area contributed by atoms with Gasteiger partial charge in [-0.05, 0) is 19.9 Å². The van der Waals surface area contributed by atoms with Gasteiger partial charge < -0.3 is 9.67 Å². The molecule has 1 aromatic heterocycles. The van der Waals surface area contributed by atoms with E-state index in [0.717, 1.165) is 0 Å². The molecule has 1 heterocycles. The molecule has 0 aliphatic heterocycles. The van der Waals surface area contributed by atoms with Crippen molar-refractivity contribution in [1.82, 2.24) is 8.87 Å². The predicted octanol–water partition coefficient (Wildman–Crippen LogP) is 1.14. The highest BCUT2D eigenvalue weighted by Gasteiger charge is 2.28. The van der Waals surface area contributed by atoms with E-state index < -0.39 is 16.0 Å². The summed E-state index contributed by atoms with van der Waals surface area (Å²) in [4.78, 5) is 10.9. The van der Waals surface area contributed by atoms with Gasteiger partial charge in [-0.15, -0.1) is 0 Å². The van der Waals surface area contributed by atoms with Gasteiger partial charge in [0.2, 0.25) is 10.0 Å². The first kappa shape index (κ1) is 14.7. The highest BCUT2D eigenvalue weighted by molar-refractivity contribution is 7.89. The van der Waals surface area contributed by atoms with Gasteiger partial charge in [-0.25, -0.2) is 13.2 Å². The maximum atomic E-state index is 12.3. The number of nitrogens with zero attached hydrogens (tertiary/aromatic N) is 2. The van der Waals surface area contributed by atoms with E-state index in [1.54, 1.807) is 20.8 Å². The summed E-state index contributed by atoms with van der Waals surface area (Å²) < 4.78 is 27.2. The molecule has 0 saturated carbocycles. The molecule has 0 aliphatic rings. The Balaban J connectivity index is 3.29. The molecule has 0 fully saturated rings. The van der Waals surface area contributed by atoms with Gasteiger partial charge in [0, 0.05) is 25.8 Å². The van der Waals surface area contributed by atoms with Crippen molar-refractivity contribution in [2.75, 3.05) is 6.54 Å². The van der Waals surface area contributed by atoms with Gasteiger partial charge in [-0.1, -0.05) is 6.92 Å². The molecule has 0 spiro atoms. The first-order valence-electron chi connectivity index (χ1n) is 5.63. The Bertz CT molecular complexity index is 545. The van der Waals surface area contributed by atoms with Crippen molar-refractivity contribution in [1.29, 1.82) is 0 Å². The molecule has 1 N–H and O–H groups in total. The molecule has 1 rings (SSSR count).